The second-order valence-corrected chi connectivity index (χ2v) is 30.0. The Balaban J connectivity index is 1.31. The van der Waals surface area contributed by atoms with E-state index in [-0.39, 0.29) is 39.0 Å². The summed E-state index contributed by atoms with van der Waals surface area (Å²) in [6.07, 6.45) is 18.2. The summed E-state index contributed by atoms with van der Waals surface area (Å²) in [6, 6.07) is 26.8. The van der Waals surface area contributed by atoms with Crippen molar-refractivity contribution in [3.63, 3.8) is 0 Å². The zero-order valence-electron chi connectivity index (χ0n) is 49.8. The van der Waals surface area contributed by atoms with Gasteiger partial charge in [0.15, 0.2) is 18.0 Å². The minimum atomic E-state index is -0.482. The Morgan fingerprint density at radius 2 is 1.40 bits per heavy atom. The third kappa shape index (κ3) is 6.28. The van der Waals surface area contributed by atoms with E-state index in [2.05, 4.69) is 249 Å². The minimum Gasteiger partial charge on any atom is -0.453 e. The Morgan fingerprint density at radius 1 is 0.727 bits per heavy atom. The quantitative estimate of drug-likeness (QED) is 0.128. The summed E-state index contributed by atoms with van der Waals surface area (Å²) in [5.41, 5.74) is 19.9. The smallest absolute Gasteiger partial charge is 0.266 e. The number of nitrogens with zero attached hydrogens (tertiary/aromatic N) is 4. The van der Waals surface area contributed by atoms with Crippen molar-refractivity contribution in [3.8, 4) is 6.07 Å². The highest BCUT2D eigenvalue weighted by Gasteiger charge is 2.79. The van der Waals surface area contributed by atoms with E-state index in [4.69, 9.17) is 4.42 Å². The van der Waals surface area contributed by atoms with Crippen LogP contribution in [0.3, 0.4) is 0 Å². The maximum Gasteiger partial charge on any atom is 0.266 e. The van der Waals surface area contributed by atoms with Crippen LogP contribution in [0, 0.1) is 22.7 Å². The average molecular weight is 1020 g/mol. The fourth-order valence-electron chi connectivity index (χ4n) is 15.8. The molecule has 6 aliphatic rings. The molecule has 0 N–H and O–H groups in total. The van der Waals surface area contributed by atoms with Crippen LogP contribution in [0.5, 0.6) is 0 Å². The molecule has 0 fully saturated rings. The van der Waals surface area contributed by atoms with Crippen molar-refractivity contribution < 1.29 is 13.4 Å². The summed E-state index contributed by atoms with van der Waals surface area (Å²) in [5, 5.41) is 16.1. The van der Waals surface area contributed by atoms with Crippen molar-refractivity contribution >= 4 is 61.5 Å². The number of nitriles is 1. The molecule has 7 heterocycles. The lowest BCUT2D eigenvalue weighted by Crippen LogP contribution is -2.71. The number of anilines is 2. The van der Waals surface area contributed by atoms with Gasteiger partial charge in [-0.2, -0.15) is 14.2 Å². The molecule has 4 aromatic carbocycles. The molecule has 0 amide bonds. The largest absolute Gasteiger partial charge is 0.453 e. The molecule has 2 aliphatic carbocycles. The van der Waals surface area contributed by atoms with E-state index in [1.165, 1.54) is 83.3 Å². The van der Waals surface area contributed by atoms with Crippen molar-refractivity contribution in [3.05, 3.63) is 158 Å². The Bertz CT molecular complexity index is 4010. The number of rotatable bonds is 2. The number of hydrogen-bond donors (Lipinski definition) is 0. The highest BCUT2D eigenvalue weighted by molar-refractivity contribution is 6.24. The van der Waals surface area contributed by atoms with Gasteiger partial charge in [-0.05, 0) is 116 Å². The van der Waals surface area contributed by atoms with Crippen LogP contribution in [-0.2, 0) is 38.0 Å². The average Bonchev–Trinajstić information content (AvgIpc) is 3.96. The second-order valence-electron chi connectivity index (χ2n) is 30.0. The minimum absolute atomic E-state index is 0.0501. The Hall–Kier alpha value is -6.25. The first-order valence-corrected chi connectivity index (χ1v) is 29.1. The monoisotopic (exact) mass is 1020 g/mol. The van der Waals surface area contributed by atoms with Gasteiger partial charge in [0, 0.05) is 56.6 Å². The molecule has 4 bridgehead atoms. The summed E-state index contributed by atoms with van der Waals surface area (Å²) >= 11 is 0. The predicted octanol–water partition coefficient (Wildman–Crippen LogP) is 17.7. The topological polar surface area (TPSA) is 47.3 Å². The first-order valence-electron chi connectivity index (χ1n) is 29.1. The maximum absolute atomic E-state index is 11.4. The van der Waals surface area contributed by atoms with E-state index in [0.717, 1.165) is 52.6 Å². The molecule has 5 atom stereocenters. The first kappa shape index (κ1) is 50.3. The zero-order chi connectivity index (χ0) is 55.0. The van der Waals surface area contributed by atoms with E-state index in [0.29, 0.717) is 11.5 Å². The fraction of sp³-hybridized carbons (Fsp3) is 0.458. The van der Waals surface area contributed by atoms with Crippen molar-refractivity contribution in [2.75, 3.05) is 4.90 Å². The molecule has 0 saturated heterocycles. The first-order chi connectivity index (χ1) is 35.9. The van der Waals surface area contributed by atoms with E-state index >= 15 is 0 Å². The van der Waals surface area contributed by atoms with Crippen LogP contribution in [0.4, 0.5) is 11.4 Å². The maximum atomic E-state index is 11.4. The third-order valence-electron chi connectivity index (χ3n) is 20.2. The highest BCUT2D eigenvalue weighted by atomic mass is 16.3. The van der Waals surface area contributed by atoms with Crippen LogP contribution in [-0.4, -0.2) is 16.8 Å². The molecule has 394 valence electrons. The van der Waals surface area contributed by atoms with Crippen molar-refractivity contribution in [1.82, 2.24) is 0 Å². The Morgan fingerprint density at radius 3 is 2.04 bits per heavy atom. The van der Waals surface area contributed by atoms with Gasteiger partial charge in [-0.3, -0.25) is 0 Å². The van der Waals surface area contributed by atoms with Gasteiger partial charge in [0.05, 0.1) is 28.1 Å². The van der Waals surface area contributed by atoms with Gasteiger partial charge >= 0.3 is 0 Å². The molecule has 7 aromatic rings. The number of furan rings is 1. The number of pyridine rings is 2. The molecule has 0 saturated carbocycles. The van der Waals surface area contributed by atoms with Gasteiger partial charge in [0.2, 0.25) is 11.2 Å². The van der Waals surface area contributed by atoms with Gasteiger partial charge < -0.3 is 9.32 Å². The molecule has 5 nitrogen and oxygen atoms in total. The lowest BCUT2D eigenvalue weighted by atomic mass is 9.44. The van der Waals surface area contributed by atoms with Crippen molar-refractivity contribution in [1.29, 1.82) is 5.26 Å². The summed E-state index contributed by atoms with van der Waals surface area (Å²) in [7, 11) is 0. The van der Waals surface area contributed by atoms with Gasteiger partial charge in [0.1, 0.15) is 22.8 Å². The van der Waals surface area contributed by atoms with E-state index < -0.39 is 16.4 Å². The number of aromatic nitrogens is 1. The molecule has 0 radical (unpaired) electrons. The number of hydrogen-bond acceptors (Lipinski definition) is 3. The van der Waals surface area contributed by atoms with Gasteiger partial charge in [-0.1, -0.05) is 174 Å². The summed E-state index contributed by atoms with van der Waals surface area (Å²) < 4.78 is 13.6. The van der Waals surface area contributed by atoms with E-state index in [1.807, 2.05) is 0 Å². The molecule has 5 unspecified atom stereocenters. The number of fused-ring (bicyclic) bond motifs is 16. The highest BCUT2D eigenvalue weighted by Crippen LogP contribution is 2.70. The van der Waals surface area contributed by atoms with Gasteiger partial charge in [-0.25, -0.2) is 0 Å². The number of benzene rings is 4. The van der Waals surface area contributed by atoms with Crippen LogP contribution in [0.25, 0.3) is 43.9 Å². The fourth-order valence-corrected chi connectivity index (χ4v) is 15.8. The SMILES string of the molecule is CCC12c3cc(C(C)(C)C)ccc3C3=CCC(C(C)(C)C)C=[N+]3C1(CC)c1c2c2cc(C(C)(C)C)c3c4ccc(C#N)c5c4oc3c2c2c(cc(C(C)(C)C)c[n+]12)C(C)(C)C1=CC2C(C=C1)c1ccc(C(C)(C)C)cc1N52. The Labute approximate surface area is 459 Å². The predicted molar refractivity (Wildman–Crippen MR) is 321 cm³/mol. The normalized spacial score (nSPS) is 24.1. The lowest BCUT2D eigenvalue weighted by molar-refractivity contribution is -0.630. The summed E-state index contributed by atoms with van der Waals surface area (Å²) in [5.74, 6) is 0.447. The number of allylic oxidation sites excluding steroid dienone is 3. The molecular weight excluding hydrogens is 937 g/mol. The summed E-state index contributed by atoms with van der Waals surface area (Å²) in [4.78, 5) is 2.51. The zero-order valence-corrected chi connectivity index (χ0v) is 49.8. The molecule has 4 aliphatic heterocycles. The van der Waals surface area contributed by atoms with Crippen LogP contribution in [0.15, 0.2) is 101 Å². The molecular formula is C72H82N4O+2. The van der Waals surface area contributed by atoms with Gasteiger partial charge in [0.25, 0.3) is 11.2 Å². The standard InChI is InChI=1S/C72H82N4O/c1-20-71-51-32-41(65(3,4)5)24-30-48(51)54-31-26-44(67(9,10)11)39-75(54)72(71,21-2)64-59(71)50-36-52(69(15,16)17)57-49-27-22-40(37-73)60-62(49)77-63(57)58(50)61-53(33-45(38-74(61)64)68(12,13)14)70(18,19)43-25-29-47-46-28-23-42(66(6,7)8)34-55(46)76(60)56(47)35-43/h22-25,27-36,38-39,44,47,56H,20-21,26H2,1-19H3/q+2. The molecule has 5 heteroatoms. The second kappa shape index (κ2) is 15.3. The van der Waals surface area contributed by atoms with Crippen LogP contribution < -0.4 is 9.30 Å². The Kier molecular flexibility index (Phi) is 9.99. The van der Waals surface area contributed by atoms with Crippen molar-refractivity contribution in [2.45, 2.75) is 201 Å². The van der Waals surface area contributed by atoms with Gasteiger partial charge in [-0.15, -0.1) is 0 Å². The van der Waals surface area contributed by atoms with Crippen LogP contribution >= 0.6 is 0 Å². The van der Waals surface area contributed by atoms with Crippen LogP contribution in [0.1, 0.15) is 218 Å². The lowest BCUT2D eigenvalue weighted by Gasteiger charge is -2.57. The van der Waals surface area contributed by atoms with E-state index in [1.54, 1.807) is 0 Å². The molecule has 77 heavy (non-hydrogen) atoms. The molecule has 13 rings (SSSR count). The third-order valence-corrected chi connectivity index (χ3v) is 20.2. The molecule has 3 aromatic heterocycles. The van der Waals surface area contributed by atoms with E-state index in [9.17, 15) is 5.26 Å². The molecule has 0 spiro atoms. The van der Waals surface area contributed by atoms with Crippen LogP contribution in [0.2, 0.25) is 0 Å². The summed E-state index contributed by atoms with van der Waals surface area (Å²) in [6.45, 7) is 45.6. The van der Waals surface area contributed by atoms with Crippen molar-refractivity contribution in [2.24, 2.45) is 11.3 Å².